The molecule has 2 heterocycles. The Hall–Kier alpha value is -1.95. The molecule has 2 N–H and O–H groups in total. The van der Waals surface area contributed by atoms with E-state index in [9.17, 15) is 5.11 Å². The van der Waals surface area contributed by atoms with E-state index in [0.717, 1.165) is 80.7 Å². The average Bonchev–Trinajstić information content (AvgIpc) is 3.56. The van der Waals surface area contributed by atoms with Gasteiger partial charge in [0.05, 0.1) is 17.3 Å². The summed E-state index contributed by atoms with van der Waals surface area (Å²) in [6, 6.07) is 14.4. The lowest BCUT2D eigenvalue weighted by atomic mass is 10.0. The Morgan fingerprint density at radius 3 is 2.73 bits per heavy atom. The van der Waals surface area contributed by atoms with Crippen molar-refractivity contribution in [3.05, 3.63) is 53.1 Å². The lowest BCUT2D eigenvalue weighted by Crippen LogP contribution is -2.46. The topological polar surface area (TPSA) is 48.0 Å². The largest absolute Gasteiger partial charge is 0.494 e. The highest BCUT2D eigenvalue weighted by Crippen LogP contribution is 2.55. The molecule has 6 heteroatoms. The number of hydrogen-bond acceptors (Lipinski definition) is 5. The van der Waals surface area contributed by atoms with Gasteiger partial charge >= 0.3 is 0 Å². The Bertz CT molecular complexity index is 885. The number of fused-ring (bicyclic) bond motifs is 3. The fraction of sp³-hybridized carbons (Fsp3) is 0.500. The van der Waals surface area contributed by atoms with Crippen molar-refractivity contribution >= 4 is 23.0 Å². The van der Waals surface area contributed by atoms with Crippen LogP contribution in [0.2, 0.25) is 5.02 Å². The summed E-state index contributed by atoms with van der Waals surface area (Å²) in [7, 11) is 0. The van der Waals surface area contributed by atoms with Gasteiger partial charge in [0.1, 0.15) is 12.0 Å². The number of aliphatic hydroxyl groups is 1. The number of hydrogen-bond donors (Lipinski definition) is 2. The number of halogens is 1. The highest BCUT2D eigenvalue weighted by molar-refractivity contribution is 6.33. The van der Waals surface area contributed by atoms with E-state index in [1.165, 1.54) is 5.56 Å². The first-order chi connectivity index (χ1) is 14.7. The summed E-state index contributed by atoms with van der Waals surface area (Å²) in [5.41, 5.74) is 3.51. The van der Waals surface area contributed by atoms with Gasteiger partial charge in [-0.15, -0.1) is 0 Å². The second-order valence-corrected chi connectivity index (χ2v) is 9.09. The van der Waals surface area contributed by atoms with E-state index in [1.54, 1.807) is 0 Å². The van der Waals surface area contributed by atoms with Crippen molar-refractivity contribution in [3.8, 4) is 5.75 Å². The van der Waals surface area contributed by atoms with Gasteiger partial charge in [-0.1, -0.05) is 29.8 Å². The van der Waals surface area contributed by atoms with Gasteiger partial charge in [-0.05, 0) is 55.5 Å². The van der Waals surface area contributed by atoms with Crippen molar-refractivity contribution in [2.45, 2.75) is 31.4 Å². The Morgan fingerprint density at radius 1 is 1.07 bits per heavy atom. The number of unbranched alkanes of at least 4 members (excludes halogenated alkanes) is 1. The second kappa shape index (κ2) is 8.66. The first-order valence-electron chi connectivity index (χ1n) is 11.1. The summed E-state index contributed by atoms with van der Waals surface area (Å²) in [5.74, 6) is 1.82. The predicted molar refractivity (Wildman–Crippen MR) is 122 cm³/mol. The van der Waals surface area contributed by atoms with E-state index < -0.39 is 6.23 Å². The molecule has 5 nitrogen and oxygen atoms in total. The third-order valence-corrected chi connectivity index (χ3v) is 7.00. The summed E-state index contributed by atoms with van der Waals surface area (Å²) in [6.07, 6.45) is 2.87. The van der Waals surface area contributed by atoms with Gasteiger partial charge in [0.15, 0.2) is 0 Å². The van der Waals surface area contributed by atoms with Crippen LogP contribution in [0.15, 0.2) is 42.5 Å². The highest BCUT2D eigenvalue weighted by Gasteiger charge is 2.47. The van der Waals surface area contributed by atoms with Gasteiger partial charge in [-0.25, -0.2) is 0 Å². The Balaban J connectivity index is 1.02. The van der Waals surface area contributed by atoms with Gasteiger partial charge in [-0.3, -0.25) is 4.90 Å². The number of anilines is 2. The molecule has 3 aliphatic rings. The molecule has 0 amide bonds. The maximum atomic E-state index is 10.1. The SMILES string of the molecule is OC1Nc2cc(OCCCCN3CCN(c4ccccc4Cl)CC3)ccc2C2CC12. The van der Waals surface area contributed by atoms with Crippen molar-refractivity contribution in [1.29, 1.82) is 0 Å². The van der Waals surface area contributed by atoms with Crippen molar-refractivity contribution in [2.24, 2.45) is 5.92 Å². The Morgan fingerprint density at radius 2 is 1.90 bits per heavy atom. The van der Waals surface area contributed by atoms with E-state index >= 15 is 0 Å². The first kappa shape index (κ1) is 20.0. The van der Waals surface area contributed by atoms with Crippen LogP contribution in [0.4, 0.5) is 11.4 Å². The molecular weight excluding hydrogens is 398 g/mol. The third-order valence-electron chi connectivity index (χ3n) is 6.68. The minimum absolute atomic E-state index is 0.399. The van der Waals surface area contributed by atoms with E-state index in [2.05, 4.69) is 39.4 Å². The van der Waals surface area contributed by atoms with Crippen LogP contribution in [-0.2, 0) is 0 Å². The zero-order chi connectivity index (χ0) is 20.5. The molecule has 2 aromatic rings. The van der Waals surface area contributed by atoms with Gasteiger partial charge in [0.25, 0.3) is 0 Å². The molecule has 1 saturated heterocycles. The smallest absolute Gasteiger partial charge is 0.127 e. The quantitative estimate of drug-likeness (QED) is 0.649. The molecule has 0 aromatic heterocycles. The lowest BCUT2D eigenvalue weighted by Gasteiger charge is -2.36. The number of ether oxygens (including phenoxy) is 1. The second-order valence-electron chi connectivity index (χ2n) is 8.68. The monoisotopic (exact) mass is 427 g/mol. The van der Waals surface area contributed by atoms with Crippen molar-refractivity contribution in [2.75, 3.05) is 49.5 Å². The lowest BCUT2D eigenvalue weighted by molar-refractivity contribution is 0.174. The van der Waals surface area contributed by atoms with Crippen molar-refractivity contribution in [3.63, 3.8) is 0 Å². The van der Waals surface area contributed by atoms with Crippen LogP contribution in [0.5, 0.6) is 5.75 Å². The molecule has 1 aliphatic carbocycles. The number of benzene rings is 2. The number of nitrogens with one attached hydrogen (secondary N) is 1. The number of aliphatic hydroxyl groups excluding tert-OH is 1. The molecule has 30 heavy (non-hydrogen) atoms. The van der Waals surface area contributed by atoms with E-state index in [-0.39, 0.29) is 0 Å². The van der Waals surface area contributed by atoms with Gasteiger partial charge < -0.3 is 20.1 Å². The summed E-state index contributed by atoms with van der Waals surface area (Å²) in [4.78, 5) is 4.91. The summed E-state index contributed by atoms with van der Waals surface area (Å²) in [5, 5.41) is 14.1. The molecule has 2 aliphatic heterocycles. The van der Waals surface area contributed by atoms with Crippen LogP contribution in [0, 0.1) is 5.92 Å². The van der Waals surface area contributed by atoms with Crippen LogP contribution in [0.1, 0.15) is 30.7 Å². The maximum absolute atomic E-state index is 10.1. The third kappa shape index (κ3) is 4.25. The highest BCUT2D eigenvalue weighted by atomic mass is 35.5. The van der Waals surface area contributed by atoms with Gasteiger partial charge in [0.2, 0.25) is 0 Å². The first-order valence-corrected chi connectivity index (χ1v) is 11.5. The molecule has 2 fully saturated rings. The molecule has 0 radical (unpaired) electrons. The zero-order valence-corrected chi connectivity index (χ0v) is 18.0. The summed E-state index contributed by atoms with van der Waals surface area (Å²) >= 11 is 6.33. The molecule has 3 unspecified atom stereocenters. The molecule has 3 atom stereocenters. The fourth-order valence-corrected chi connectivity index (χ4v) is 5.06. The normalized spacial score (nSPS) is 25.3. The van der Waals surface area contributed by atoms with Crippen LogP contribution >= 0.6 is 11.6 Å². The molecule has 1 saturated carbocycles. The molecule has 5 rings (SSSR count). The van der Waals surface area contributed by atoms with E-state index in [1.807, 2.05) is 18.2 Å². The van der Waals surface area contributed by atoms with E-state index in [4.69, 9.17) is 16.3 Å². The molecule has 160 valence electrons. The van der Waals surface area contributed by atoms with Crippen LogP contribution in [0.3, 0.4) is 0 Å². The minimum Gasteiger partial charge on any atom is -0.494 e. The maximum Gasteiger partial charge on any atom is 0.127 e. The minimum atomic E-state index is -0.406. The summed E-state index contributed by atoms with van der Waals surface area (Å²) in [6.45, 7) is 6.04. The number of rotatable bonds is 7. The predicted octanol–water partition coefficient (Wildman–Crippen LogP) is 4.17. The van der Waals surface area contributed by atoms with Crippen molar-refractivity contribution < 1.29 is 9.84 Å². The van der Waals surface area contributed by atoms with Gasteiger partial charge in [0, 0.05) is 43.9 Å². The van der Waals surface area contributed by atoms with E-state index in [0.29, 0.717) is 11.8 Å². The molecular formula is C24H30ClN3O2. The average molecular weight is 428 g/mol. The standard InChI is InChI=1S/C24H30ClN3O2/c25-21-5-1-2-6-23(21)28-12-10-27(11-13-28)9-3-4-14-30-17-7-8-18-19-16-20(19)24(29)26-22(18)15-17/h1-2,5-8,15,19-20,24,26,29H,3-4,9-14,16H2. The van der Waals surface area contributed by atoms with Crippen LogP contribution in [0.25, 0.3) is 0 Å². The molecule has 2 aromatic carbocycles. The Kier molecular flexibility index (Phi) is 5.77. The van der Waals surface area contributed by atoms with Crippen molar-refractivity contribution in [1.82, 2.24) is 4.90 Å². The Labute approximate surface area is 183 Å². The fourth-order valence-electron chi connectivity index (χ4n) is 4.81. The zero-order valence-electron chi connectivity index (χ0n) is 17.3. The number of piperazine rings is 1. The molecule has 0 spiro atoms. The van der Waals surface area contributed by atoms with Gasteiger partial charge in [-0.2, -0.15) is 0 Å². The molecule has 0 bridgehead atoms. The number of para-hydroxylation sites is 1. The van der Waals surface area contributed by atoms with Crippen LogP contribution < -0.4 is 15.0 Å². The number of nitrogens with zero attached hydrogens (tertiary/aromatic N) is 2. The summed E-state index contributed by atoms with van der Waals surface area (Å²) < 4.78 is 5.97. The van der Waals surface area contributed by atoms with Crippen LogP contribution in [-0.4, -0.2) is 55.6 Å².